The van der Waals surface area contributed by atoms with Gasteiger partial charge in [0.2, 0.25) is 5.75 Å². The third kappa shape index (κ3) is 4.13. The number of carbonyl (C=O) groups is 1. The molecule has 1 unspecified atom stereocenters. The van der Waals surface area contributed by atoms with E-state index in [1.54, 1.807) is 11.8 Å². The molecule has 1 aromatic carbocycles. The van der Waals surface area contributed by atoms with Gasteiger partial charge in [-0.15, -0.1) is 0 Å². The first-order chi connectivity index (χ1) is 8.97. The van der Waals surface area contributed by atoms with Crippen LogP contribution in [0.25, 0.3) is 0 Å². The van der Waals surface area contributed by atoms with E-state index in [9.17, 15) is 20.0 Å². The summed E-state index contributed by atoms with van der Waals surface area (Å²) in [5.41, 5.74) is -0.547. The first-order valence-electron chi connectivity index (χ1n) is 5.73. The summed E-state index contributed by atoms with van der Waals surface area (Å²) < 4.78 is 0. The van der Waals surface area contributed by atoms with Gasteiger partial charge in [0.25, 0.3) is 5.91 Å². The van der Waals surface area contributed by atoms with Crippen LogP contribution in [-0.2, 0) is 0 Å². The Morgan fingerprint density at radius 2 is 2.26 bits per heavy atom. The van der Waals surface area contributed by atoms with E-state index in [1.807, 2.05) is 13.2 Å². The number of hydrogen-bond acceptors (Lipinski definition) is 5. The molecule has 0 spiro atoms. The summed E-state index contributed by atoms with van der Waals surface area (Å²) in [5.74, 6) is -0.195. The molecule has 0 aromatic heterocycles. The van der Waals surface area contributed by atoms with Crippen LogP contribution in [0.2, 0.25) is 0 Å². The summed E-state index contributed by atoms with van der Waals surface area (Å²) in [6.45, 7) is 1.85. The van der Waals surface area contributed by atoms with Crippen LogP contribution in [0.15, 0.2) is 18.2 Å². The normalized spacial score (nSPS) is 11.9. The molecule has 7 heteroatoms. The van der Waals surface area contributed by atoms with E-state index in [-0.39, 0.29) is 11.6 Å². The SMILES string of the molecule is CSCCC(C)NC(=O)c1cccc([N+](=O)[O-])c1O. The molecule has 0 saturated heterocycles. The highest BCUT2D eigenvalue weighted by atomic mass is 32.2. The van der Waals surface area contributed by atoms with Gasteiger partial charge in [-0.05, 0) is 31.4 Å². The lowest BCUT2D eigenvalue weighted by Crippen LogP contribution is -2.33. The maximum atomic E-state index is 11.9. The van der Waals surface area contributed by atoms with Crippen LogP contribution in [0.5, 0.6) is 5.75 Å². The number of nitrogens with zero attached hydrogens (tertiary/aromatic N) is 1. The van der Waals surface area contributed by atoms with Crippen molar-refractivity contribution in [2.75, 3.05) is 12.0 Å². The number of aromatic hydroxyl groups is 1. The highest BCUT2D eigenvalue weighted by Crippen LogP contribution is 2.29. The highest BCUT2D eigenvalue weighted by molar-refractivity contribution is 7.98. The third-order valence-corrected chi connectivity index (χ3v) is 3.23. The zero-order chi connectivity index (χ0) is 14.4. The van der Waals surface area contributed by atoms with Gasteiger partial charge in [0.15, 0.2) is 0 Å². The standard InChI is InChI=1S/C12H16N2O4S/c1-8(6-7-19-2)13-12(16)9-4-3-5-10(11(9)15)14(17)18/h3-5,8,15H,6-7H2,1-2H3,(H,13,16). The number of phenols is 1. The molecule has 2 N–H and O–H groups in total. The molecule has 104 valence electrons. The minimum absolute atomic E-state index is 0.0568. The number of para-hydroxylation sites is 1. The van der Waals surface area contributed by atoms with Crippen LogP contribution in [0.1, 0.15) is 23.7 Å². The molecular formula is C12H16N2O4S. The Morgan fingerprint density at radius 1 is 1.58 bits per heavy atom. The van der Waals surface area contributed by atoms with Crippen molar-refractivity contribution in [1.29, 1.82) is 0 Å². The molecule has 0 saturated carbocycles. The molecule has 0 bridgehead atoms. The van der Waals surface area contributed by atoms with Crippen LogP contribution >= 0.6 is 11.8 Å². The van der Waals surface area contributed by atoms with Gasteiger partial charge < -0.3 is 10.4 Å². The molecule has 0 fully saturated rings. The largest absolute Gasteiger partial charge is 0.502 e. The Balaban J connectivity index is 2.83. The smallest absolute Gasteiger partial charge is 0.311 e. The molecule has 0 aliphatic carbocycles. The first kappa shape index (κ1) is 15.3. The van der Waals surface area contributed by atoms with Gasteiger partial charge in [0.05, 0.1) is 10.5 Å². The maximum absolute atomic E-state index is 11.9. The number of nitro groups is 1. The van der Waals surface area contributed by atoms with Crippen molar-refractivity contribution in [2.24, 2.45) is 0 Å². The van der Waals surface area contributed by atoms with E-state index in [0.29, 0.717) is 0 Å². The fourth-order valence-electron chi connectivity index (χ4n) is 1.53. The number of amides is 1. The molecule has 1 rings (SSSR count). The molecular weight excluding hydrogens is 268 g/mol. The van der Waals surface area contributed by atoms with Gasteiger partial charge in [0, 0.05) is 12.1 Å². The summed E-state index contributed by atoms with van der Waals surface area (Å²) in [5, 5.41) is 23.1. The molecule has 0 aliphatic heterocycles. The van der Waals surface area contributed by atoms with Crippen molar-refractivity contribution in [3.8, 4) is 5.75 Å². The number of carbonyl (C=O) groups excluding carboxylic acids is 1. The number of nitro benzene ring substituents is 1. The maximum Gasteiger partial charge on any atom is 0.311 e. The van der Waals surface area contributed by atoms with Gasteiger partial charge in [-0.1, -0.05) is 6.07 Å². The Morgan fingerprint density at radius 3 is 2.84 bits per heavy atom. The molecule has 1 atom stereocenters. The van der Waals surface area contributed by atoms with E-state index in [0.717, 1.165) is 18.2 Å². The lowest BCUT2D eigenvalue weighted by molar-refractivity contribution is -0.385. The van der Waals surface area contributed by atoms with E-state index in [1.165, 1.54) is 12.1 Å². The minimum Gasteiger partial charge on any atom is -0.502 e. The molecule has 1 amide bonds. The number of nitrogens with one attached hydrogen (secondary N) is 1. The van der Waals surface area contributed by atoms with Crippen molar-refractivity contribution in [3.05, 3.63) is 33.9 Å². The Labute approximate surface area is 115 Å². The van der Waals surface area contributed by atoms with Crippen LogP contribution < -0.4 is 5.32 Å². The third-order valence-electron chi connectivity index (χ3n) is 2.59. The van der Waals surface area contributed by atoms with E-state index >= 15 is 0 Å². The number of hydrogen-bond donors (Lipinski definition) is 2. The molecule has 1 aromatic rings. The van der Waals surface area contributed by atoms with E-state index in [2.05, 4.69) is 5.32 Å². The minimum atomic E-state index is -0.719. The zero-order valence-electron chi connectivity index (χ0n) is 10.8. The average Bonchev–Trinajstić information content (AvgIpc) is 2.36. The lowest BCUT2D eigenvalue weighted by atomic mass is 10.1. The first-order valence-corrected chi connectivity index (χ1v) is 7.13. The Hall–Kier alpha value is -1.76. The van der Waals surface area contributed by atoms with Crippen molar-refractivity contribution < 1.29 is 14.8 Å². The lowest BCUT2D eigenvalue weighted by Gasteiger charge is -2.13. The highest BCUT2D eigenvalue weighted by Gasteiger charge is 2.21. The van der Waals surface area contributed by atoms with Crippen molar-refractivity contribution in [2.45, 2.75) is 19.4 Å². The van der Waals surface area contributed by atoms with Gasteiger partial charge in [0.1, 0.15) is 0 Å². The predicted molar refractivity (Wildman–Crippen MR) is 74.7 cm³/mol. The summed E-state index contributed by atoms with van der Waals surface area (Å²) >= 11 is 1.67. The fourth-order valence-corrected chi connectivity index (χ4v) is 2.12. The van der Waals surface area contributed by atoms with Crippen LogP contribution in [0, 0.1) is 10.1 Å². The van der Waals surface area contributed by atoms with E-state index in [4.69, 9.17) is 0 Å². The van der Waals surface area contributed by atoms with Gasteiger partial charge in [-0.2, -0.15) is 11.8 Å². The average molecular weight is 284 g/mol. The quantitative estimate of drug-likeness (QED) is 0.617. The fraction of sp³-hybridized carbons (Fsp3) is 0.417. The van der Waals surface area contributed by atoms with Crippen molar-refractivity contribution >= 4 is 23.4 Å². The number of benzene rings is 1. The second kappa shape index (κ2) is 6.98. The van der Waals surface area contributed by atoms with Crippen LogP contribution in [0.3, 0.4) is 0 Å². The molecule has 19 heavy (non-hydrogen) atoms. The number of rotatable bonds is 6. The van der Waals surface area contributed by atoms with E-state index < -0.39 is 22.3 Å². The molecule has 6 nitrogen and oxygen atoms in total. The van der Waals surface area contributed by atoms with Gasteiger partial charge in [-0.3, -0.25) is 14.9 Å². The van der Waals surface area contributed by atoms with Crippen LogP contribution in [-0.4, -0.2) is 34.0 Å². The zero-order valence-corrected chi connectivity index (χ0v) is 11.6. The monoisotopic (exact) mass is 284 g/mol. The van der Waals surface area contributed by atoms with Crippen LogP contribution in [0.4, 0.5) is 5.69 Å². The molecule has 0 heterocycles. The Bertz CT molecular complexity index is 479. The molecule has 0 radical (unpaired) electrons. The summed E-state index contributed by atoms with van der Waals surface area (Å²) in [4.78, 5) is 21.9. The van der Waals surface area contributed by atoms with Crippen molar-refractivity contribution in [1.82, 2.24) is 5.32 Å². The Kier molecular flexibility index (Phi) is 5.62. The number of thioether (sulfide) groups is 1. The van der Waals surface area contributed by atoms with Gasteiger partial charge in [-0.25, -0.2) is 0 Å². The summed E-state index contributed by atoms with van der Waals surface area (Å²) in [6, 6.07) is 3.83. The second-order valence-electron chi connectivity index (χ2n) is 4.09. The second-order valence-corrected chi connectivity index (χ2v) is 5.07. The van der Waals surface area contributed by atoms with Crippen molar-refractivity contribution in [3.63, 3.8) is 0 Å². The summed E-state index contributed by atoms with van der Waals surface area (Å²) in [6.07, 6.45) is 2.77. The predicted octanol–water partition coefficient (Wildman–Crippen LogP) is 2.17. The molecule has 0 aliphatic rings. The van der Waals surface area contributed by atoms with Gasteiger partial charge >= 0.3 is 5.69 Å². The number of phenolic OH excluding ortho intramolecular Hbond substituents is 1. The topological polar surface area (TPSA) is 92.5 Å². The summed E-state index contributed by atoms with van der Waals surface area (Å²) in [7, 11) is 0.